The van der Waals surface area contributed by atoms with Gasteiger partial charge in [-0.1, -0.05) is 22.9 Å². The zero-order chi connectivity index (χ0) is 14.8. The molecule has 0 unspecified atom stereocenters. The standard InChI is InChI=1S/C13H11N5O3/c1-8-3-2-4-9(5-8)12-16-15-11(21-12)7-18-6-10(13(19)20)14-17-18/h2-6H,7H2,1H3,(H,19,20). The molecule has 0 fully saturated rings. The Morgan fingerprint density at radius 1 is 1.33 bits per heavy atom. The lowest BCUT2D eigenvalue weighted by atomic mass is 10.1. The summed E-state index contributed by atoms with van der Waals surface area (Å²) in [4.78, 5) is 10.7. The monoisotopic (exact) mass is 285 g/mol. The van der Waals surface area contributed by atoms with Crippen LogP contribution in [-0.4, -0.2) is 36.3 Å². The normalized spacial score (nSPS) is 10.7. The minimum Gasteiger partial charge on any atom is -0.476 e. The van der Waals surface area contributed by atoms with Crippen LogP contribution in [0, 0.1) is 6.92 Å². The number of carbonyl (C=O) groups is 1. The van der Waals surface area contributed by atoms with E-state index in [-0.39, 0.29) is 12.2 Å². The van der Waals surface area contributed by atoms with Crippen LogP contribution >= 0.6 is 0 Å². The molecule has 0 saturated heterocycles. The Labute approximate surface area is 119 Å². The fourth-order valence-corrected chi connectivity index (χ4v) is 1.82. The largest absolute Gasteiger partial charge is 0.476 e. The van der Waals surface area contributed by atoms with Crippen molar-refractivity contribution in [3.05, 3.63) is 47.6 Å². The second-order valence-corrected chi connectivity index (χ2v) is 4.48. The number of rotatable bonds is 4. The van der Waals surface area contributed by atoms with Crippen LogP contribution in [0.5, 0.6) is 0 Å². The van der Waals surface area contributed by atoms with Crippen molar-refractivity contribution in [1.29, 1.82) is 0 Å². The first kappa shape index (κ1) is 13.0. The Kier molecular flexibility index (Phi) is 3.19. The van der Waals surface area contributed by atoms with Crippen LogP contribution in [0.1, 0.15) is 21.9 Å². The molecule has 8 nitrogen and oxygen atoms in total. The van der Waals surface area contributed by atoms with Gasteiger partial charge in [0.15, 0.2) is 5.69 Å². The molecule has 0 spiro atoms. The van der Waals surface area contributed by atoms with E-state index in [0.717, 1.165) is 11.1 Å². The quantitative estimate of drug-likeness (QED) is 0.771. The Balaban J connectivity index is 1.80. The van der Waals surface area contributed by atoms with Crippen molar-refractivity contribution >= 4 is 5.97 Å². The molecule has 0 atom stereocenters. The lowest BCUT2D eigenvalue weighted by Crippen LogP contribution is -2.00. The molecule has 0 saturated carbocycles. The number of carboxylic acid groups (broad SMARTS) is 1. The van der Waals surface area contributed by atoms with Gasteiger partial charge in [0.25, 0.3) is 0 Å². The molecule has 0 aliphatic carbocycles. The number of aryl methyl sites for hydroxylation is 1. The summed E-state index contributed by atoms with van der Waals surface area (Å²) in [5.74, 6) is -0.396. The van der Waals surface area contributed by atoms with Crippen LogP contribution in [-0.2, 0) is 6.54 Å². The van der Waals surface area contributed by atoms with Crippen LogP contribution in [0.25, 0.3) is 11.5 Å². The first-order chi connectivity index (χ1) is 10.1. The highest BCUT2D eigenvalue weighted by Gasteiger charge is 2.12. The highest BCUT2D eigenvalue weighted by molar-refractivity contribution is 5.84. The molecule has 0 amide bonds. The Morgan fingerprint density at radius 2 is 2.19 bits per heavy atom. The summed E-state index contributed by atoms with van der Waals surface area (Å²) in [7, 11) is 0. The van der Waals surface area contributed by atoms with Crippen molar-refractivity contribution < 1.29 is 14.3 Å². The van der Waals surface area contributed by atoms with Gasteiger partial charge in [-0.2, -0.15) is 0 Å². The van der Waals surface area contributed by atoms with E-state index in [1.54, 1.807) is 0 Å². The van der Waals surface area contributed by atoms with Gasteiger partial charge in [0.05, 0.1) is 6.20 Å². The summed E-state index contributed by atoms with van der Waals surface area (Å²) in [5, 5.41) is 23.9. The molecule has 1 N–H and O–H groups in total. The third kappa shape index (κ3) is 2.78. The van der Waals surface area contributed by atoms with Gasteiger partial charge in [-0.3, -0.25) is 0 Å². The van der Waals surface area contributed by atoms with E-state index >= 15 is 0 Å². The summed E-state index contributed by atoms with van der Waals surface area (Å²) in [6, 6.07) is 7.70. The lowest BCUT2D eigenvalue weighted by Gasteiger charge is -1.96. The van der Waals surface area contributed by atoms with Gasteiger partial charge in [0.1, 0.15) is 6.54 Å². The van der Waals surface area contributed by atoms with E-state index in [1.165, 1.54) is 10.9 Å². The van der Waals surface area contributed by atoms with Gasteiger partial charge >= 0.3 is 5.97 Å². The maximum absolute atomic E-state index is 10.7. The van der Waals surface area contributed by atoms with Crippen molar-refractivity contribution in [1.82, 2.24) is 25.2 Å². The average Bonchev–Trinajstić information content (AvgIpc) is 3.08. The molecule has 0 bridgehead atoms. The summed E-state index contributed by atoms with van der Waals surface area (Å²) >= 11 is 0. The number of benzene rings is 1. The molecular formula is C13H11N5O3. The highest BCUT2D eigenvalue weighted by atomic mass is 16.4. The van der Waals surface area contributed by atoms with Crippen molar-refractivity contribution in [3.63, 3.8) is 0 Å². The SMILES string of the molecule is Cc1cccc(-c2nnc(Cn3cc(C(=O)O)nn3)o2)c1. The average molecular weight is 285 g/mol. The van der Waals surface area contributed by atoms with Crippen LogP contribution in [0.4, 0.5) is 0 Å². The number of carboxylic acids is 1. The molecule has 1 aromatic carbocycles. The zero-order valence-corrected chi connectivity index (χ0v) is 11.1. The van der Waals surface area contributed by atoms with E-state index < -0.39 is 5.97 Å². The van der Waals surface area contributed by atoms with E-state index in [0.29, 0.717) is 11.8 Å². The van der Waals surface area contributed by atoms with Gasteiger partial charge in [-0.15, -0.1) is 15.3 Å². The summed E-state index contributed by atoms with van der Waals surface area (Å²) in [6.45, 7) is 2.14. The number of hydrogen-bond acceptors (Lipinski definition) is 6. The zero-order valence-electron chi connectivity index (χ0n) is 11.1. The molecule has 2 heterocycles. The molecule has 0 radical (unpaired) electrons. The Morgan fingerprint density at radius 3 is 2.90 bits per heavy atom. The van der Waals surface area contributed by atoms with Crippen LogP contribution in [0.2, 0.25) is 0 Å². The molecule has 2 aromatic heterocycles. The van der Waals surface area contributed by atoms with Crippen molar-refractivity contribution in [3.8, 4) is 11.5 Å². The van der Waals surface area contributed by atoms with Crippen LogP contribution in [0.3, 0.4) is 0 Å². The second-order valence-electron chi connectivity index (χ2n) is 4.48. The molecule has 21 heavy (non-hydrogen) atoms. The maximum Gasteiger partial charge on any atom is 0.358 e. The van der Waals surface area contributed by atoms with Crippen molar-refractivity contribution in [2.45, 2.75) is 13.5 Å². The summed E-state index contributed by atoms with van der Waals surface area (Å²) < 4.78 is 6.87. The van der Waals surface area contributed by atoms with Gasteiger partial charge in [0, 0.05) is 5.56 Å². The molecule has 0 aliphatic rings. The summed E-state index contributed by atoms with van der Waals surface area (Å²) in [5.41, 5.74) is 1.79. The molecule has 3 rings (SSSR count). The fraction of sp³-hybridized carbons (Fsp3) is 0.154. The third-order valence-corrected chi connectivity index (χ3v) is 2.79. The Bertz CT molecular complexity index is 792. The number of nitrogens with zero attached hydrogens (tertiary/aromatic N) is 5. The predicted octanol–water partition coefficient (Wildman–Crippen LogP) is 1.38. The lowest BCUT2D eigenvalue weighted by molar-refractivity contribution is 0.0690. The molecule has 3 aromatic rings. The van der Waals surface area contributed by atoms with E-state index in [4.69, 9.17) is 9.52 Å². The van der Waals surface area contributed by atoms with Gasteiger partial charge < -0.3 is 9.52 Å². The fourth-order valence-electron chi connectivity index (χ4n) is 1.82. The minimum absolute atomic E-state index is 0.131. The second kappa shape index (κ2) is 5.16. The molecule has 8 heteroatoms. The topological polar surface area (TPSA) is 107 Å². The van der Waals surface area contributed by atoms with Crippen molar-refractivity contribution in [2.75, 3.05) is 0 Å². The van der Waals surface area contributed by atoms with Crippen LogP contribution in [0.15, 0.2) is 34.9 Å². The predicted molar refractivity (Wildman–Crippen MR) is 70.6 cm³/mol. The maximum atomic E-state index is 10.7. The van der Waals surface area contributed by atoms with Gasteiger partial charge in [-0.25, -0.2) is 9.48 Å². The van der Waals surface area contributed by atoms with Gasteiger partial charge in [-0.05, 0) is 19.1 Å². The van der Waals surface area contributed by atoms with Gasteiger partial charge in [0.2, 0.25) is 11.8 Å². The molecular weight excluding hydrogens is 274 g/mol. The highest BCUT2D eigenvalue weighted by Crippen LogP contribution is 2.19. The third-order valence-electron chi connectivity index (χ3n) is 2.79. The van der Waals surface area contributed by atoms with E-state index in [9.17, 15) is 4.79 Å². The first-order valence-corrected chi connectivity index (χ1v) is 6.14. The number of aromatic carboxylic acids is 1. The first-order valence-electron chi connectivity index (χ1n) is 6.14. The molecule has 0 aliphatic heterocycles. The molecule has 106 valence electrons. The Hall–Kier alpha value is -3.03. The number of hydrogen-bond donors (Lipinski definition) is 1. The van der Waals surface area contributed by atoms with E-state index in [1.807, 2.05) is 31.2 Å². The smallest absolute Gasteiger partial charge is 0.358 e. The van der Waals surface area contributed by atoms with Crippen LogP contribution < -0.4 is 0 Å². The minimum atomic E-state index is -1.13. The number of aromatic nitrogens is 5. The summed E-state index contributed by atoms with van der Waals surface area (Å²) in [6.07, 6.45) is 1.30. The van der Waals surface area contributed by atoms with Crippen molar-refractivity contribution in [2.24, 2.45) is 0 Å². The van der Waals surface area contributed by atoms with E-state index in [2.05, 4.69) is 20.5 Å².